The number of aliphatic hydroxyl groups excluding tert-OH is 1. The molecule has 12 heteroatoms. The van der Waals surface area contributed by atoms with Crippen molar-refractivity contribution in [2.24, 2.45) is 0 Å². The number of hydrogen-bond donors (Lipinski definition) is 2. The van der Waals surface area contributed by atoms with E-state index in [0.29, 0.717) is 30.6 Å². The molecule has 9 nitrogen and oxygen atoms in total. The molecule has 0 saturated carbocycles. The monoisotopic (exact) mass is 554 g/mol. The van der Waals surface area contributed by atoms with E-state index in [2.05, 4.69) is 16.8 Å². The Morgan fingerprint density at radius 3 is 2.74 bits per heavy atom. The number of rotatable bonds is 6. The number of nitrogens with one attached hydrogen (secondary N) is 1. The highest BCUT2D eigenvalue weighted by molar-refractivity contribution is 7.92. The molecule has 1 aliphatic heterocycles. The number of hydrogen-bond acceptors (Lipinski definition) is 7. The van der Waals surface area contributed by atoms with Crippen molar-refractivity contribution in [2.75, 3.05) is 24.4 Å². The van der Waals surface area contributed by atoms with Gasteiger partial charge in [0, 0.05) is 30.8 Å². The molecule has 4 aromatic rings. The molecule has 1 fully saturated rings. The lowest BCUT2D eigenvalue weighted by molar-refractivity contribution is 0.180. The summed E-state index contributed by atoms with van der Waals surface area (Å²) in [6.07, 6.45) is 0.369. The molecule has 2 aromatic carbocycles. The fraction of sp³-hybridized carbons (Fsp3) is 0.259. The highest BCUT2D eigenvalue weighted by Crippen LogP contribution is 2.28. The predicted octanol–water partition coefficient (Wildman–Crippen LogP) is 3.10. The zero-order valence-electron chi connectivity index (χ0n) is 20.8. The minimum Gasteiger partial charge on any atom is -0.408 e. The zero-order valence-corrected chi connectivity index (χ0v) is 21.6. The summed E-state index contributed by atoms with van der Waals surface area (Å²) < 4.78 is 62.7. The van der Waals surface area contributed by atoms with E-state index in [9.17, 15) is 22.7 Å². The molecule has 2 atom stereocenters. The van der Waals surface area contributed by atoms with Crippen LogP contribution in [0.4, 0.5) is 14.6 Å². The van der Waals surface area contributed by atoms with E-state index in [-0.39, 0.29) is 23.0 Å². The Bertz CT molecular complexity index is 1770. The van der Waals surface area contributed by atoms with E-state index in [0.717, 1.165) is 24.7 Å². The quantitative estimate of drug-likeness (QED) is 0.278. The van der Waals surface area contributed by atoms with Crippen LogP contribution in [0.25, 0.3) is 11.1 Å². The number of anilines is 1. The smallest absolute Gasteiger partial charge is 0.408 e. The fourth-order valence-corrected chi connectivity index (χ4v) is 5.66. The van der Waals surface area contributed by atoms with Gasteiger partial charge in [0.15, 0.2) is 5.58 Å². The van der Waals surface area contributed by atoms with Crippen molar-refractivity contribution in [3.63, 3.8) is 0 Å². The first-order valence-corrected chi connectivity index (χ1v) is 13.6. The third kappa shape index (κ3) is 5.56. The molecule has 0 spiro atoms. The molecule has 2 N–H and O–H groups in total. The molecule has 2 aromatic heterocycles. The molecule has 0 amide bonds. The second-order valence-electron chi connectivity index (χ2n) is 9.18. The number of likely N-dealkylation sites (tertiary alicyclic amines) is 1. The summed E-state index contributed by atoms with van der Waals surface area (Å²) in [6.45, 7) is 3.55. The molecule has 0 bridgehead atoms. The van der Waals surface area contributed by atoms with Crippen LogP contribution in [0.15, 0.2) is 68.7 Å². The number of pyridine rings is 1. The SMILES string of the molecule is C[C@H](c1ccccc1C#CCN1CCC(O)C1)n1c(=O)oc2cc(S(=O)(=O)Nc3cccc(F)n3)c(F)cc21. The van der Waals surface area contributed by atoms with Crippen molar-refractivity contribution >= 4 is 26.9 Å². The maximum atomic E-state index is 15.2. The Hall–Kier alpha value is -4.05. The van der Waals surface area contributed by atoms with Crippen molar-refractivity contribution in [2.45, 2.75) is 30.4 Å². The van der Waals surface area contributed by atoms with Gasteiger partial charge in [0.25, 0.3) is 10.0 Å². The van der Waals surface area contributed by atoms with Gasteiger partial charge in [-0.3, -0.25) is 14.2 Å². The minimum atomic E-state index is -4.52. The van der Waals surface area contributed by atoms with Crippen LogP contribution in [0.1, 0.15) is 30.5 Å². The van der Waals surface area contributed by atoms with Crippen LogP contribution in [0.2, 0.25) is 0 Å². The third-order valence-electron chi connectivity index (χ3n) is 6.48. The number of fused-ring (bicyclic) bond motifs is 1. The van der Waals surface area contributed by atoms with Gasteiger partial charge in [-0.2, -0.15) is 4.39 Å². The molecule has 5 rings (SSSR count). The van der Waals surface area contributed by atoms with Crippen LogP contribution >= 0.6 is 0 Å². The first kappa shape index (κ1) is 26.6. The highest BCUT2D eigenvalue weighted by atomic mass is 32.2. The van der Waals surface area contributed by atoms with E-state index in [1.54, 1.807) is 19.1 Å². The molecular weight excluding hydrogens is 530 g/mol. The van der Waals surface area contributed by atoms with E-state index in [1.165, 1.54) is 16.7 Å². The van der Waals surface area contributed by atoms with Crippen molar-refractivity contribution in [3.8, 4) is 11.8 Å². The average molecular weight is 555 g/mol. The number of oxazole rings is 1. The fourth-order valence-electron chi connectivity index (χ4n) is 4.58. The molecule has 1 saturated heterocycles. The molecule has 3 heterocycles. The molecule has 0 aliphatic carbocycles. The number of aliphatic hydroxyl groups is 1. The molecular formula is C27H24F2N4O5S. The van der Waals surface area contributed by atoms with Crippen molar-refractivity contribution < 1.29 is 26.7 Å². The summed E-state index contributed by atoms with van der Waals surface area (Å²) in [5.74, 6) is 3.04. The maximum absolute atomic E-state index is 15.2. The average Bonchev–Trinajstić information content (AvgIpc) is 3.44. The van der Waals surface area contributed by atoms with Crippen LogP contribution in [0.3, 0.4) is 0 Å². The molecule has 202 valence electrons. The lowest BCUT2D eigenvalue weighted by atomic mass is 10.0. The number of aromatic nitrogens is 2. The lowest BCUT2D eigenvalue weighted by Gasteiger charge is -2.16. The zero-order chi connectivity index (χ0) is 27.7. The van der Waals surface area contributed by atoms with Gasteiger partial charge in [-0.25, -0.2) is 22.6 Å². The van der Waals surface area contributed by atoms with Gasteiger partial charge in [-0.1, -0.05) is 36.1 Å². The van der Waals surface area contributed by atoms with Crippen molar-refractivity contribution in [1.82, 2.24) is 14.5 Å². The normalized spacial score (nSPS) is 16.7. The summed E-state index contributed by atoms with van der Waals surface area (Å²) in [4.78, 5) is 17.6. The molecule has 0 radical (unpaired) electrons. The Morgan fingerprint density at radius 2 is 2.00 bits per heavy atom. The summed E-state index contributed by atoms with van der Waals surface area (Å²) in [7, 11) is -4.52. The third-order valence-corrected chi connectivity index (χ3v) is 7.85. The topological polar surface area (TPSA) is 118 Å². The largest absolute Gasteiger partial charge is 0.420 e. The Morgan fingerprint density at radius 1 is 1.21 bits per heavy atom. The Labute approximate surface area is 222 Å². The summed E-state index contributed by atoms with van der Waals surface area (Å²) in [6, 6.07) is 11.9. The van der Waals surface area contributed by atoms with Crippen molar-refractivity contribution in [3.05, 3.63) is 88.0 Å². The van der Waals surface area contributed by atoms with E-state index in [1.807, 2.05) is 21.8 Å². The Kier molecular flexibility index (Phi) is 7.22. The summed E-state index contributed by atoms with van der Waals surface area (Å²) in [5, 5.41) is 9.70. The van der Waals surface area contributed by atoms with Gasteiger partial charge in [0.05, 0.1) is 24.2 Å². The predicted molar refractivity (Wildman–Crippen MR) is 140 cm³/mol. The lowest BCUT2D eigenvalue weighted by Crippen LogP contribution is -2.22. The van der Waals surface area contributed by atoms with E-state index < -0.39 is 38.5 Å². The summed E-state index contributed by atoms with van der Waals surface area (Å²) >= 11 is 0. The van der Waals surface area contributed by atoms with E-state index >= 15 is 4.39 Å². The number of nitrogens with zero attached hydrogens (tertiary/aromatic N) is 3. The van der Waals surface area contributed by atoms with E-state index in [4.69, 9.17) is 4.42 Å². The second kappa shape index (κ2) is 10.6. The maximum Gasteiger partial charge on any atom is 0.420 e. The molecule has 1 unspecified atom stereocenters. The van der Waals surface area contributed by atoms with Crippen LogP contribution < -0.4 is 10.5 Å². The van der Waals surface area contributed by atoms with Gasteiger partial charge in [0.2, 0.25) is 5.95 Å². The van der Waals surface area contributed by atoms with Crippen LogP contribution in [0, 0.1) is 23.6 Å². The van der Waals surface area contributed by atoms with Crippen LogP contribution in [-0.4, -0.2) is 53.7 Å². The van der Waals surface area contributed by atoms with Gasteiger partial charge in [-0.15, -0.1) is 0 Å². The van der Waals surface area contributed by atoms with Crippen LogP contribution in [-0.2, 0) is 10.0 Å². The molecule has 1 aliphatic rings. The van der Waals surface area contributed by atoms with Gasteiger partial charge in [-0.05, 0) is 37.1 Å². The van der Waals surface area contributed by atoms with Gasteiger partial charge in [0.1, 0.15) is 16.5 Å². The first-order chi connectivity index (χ1) is 18.6. The standard InChI is InChI=1S/C27H24F2N4O5S/c1-17(20-8-3-2-6-18(20)7-5-12-32-13-11-19(34)16-32)33-22-14-21(28)24(15-23(22)38-27(33)35)39(36,37)31-26-10-4-9-25(29)30-26/h2-4,6,8-10,14-15,17,19,34H,11-13,16H2,1H3,(H,30,31)/t17-,19?/m1/s1. The van der Waals surface area contributed by atoms with Crippen molar-refractivity contribution in [1.29, 1.82) is 0 Å². The van der Waals surface area contributed by atoms with Gasteiger partial charge < -0.3 is 9.52 Å². The Balaban J connectivity index is 1.47. The molecule has 39 heavy (non-hydrogen) atoms. The van der Waals surface area contributed by atoms with Gasteiger partial charge >= 0.3 is 5.76 Å². The van der Waals surface area contributed by atoms with Crippen LogP contribution in [0.5, 0.6) is 0 Å². The number of sulfonamides is 1. The number of β-amino-alcohol motifs (C(OH)–C–C–N with tert-alkyl or cyclic N) is 1. The summed E-state index contributed by atoms with van der Waals surface area (Å²) in [5.41, 5.74) is 1.27. The number of halogens is 2. The number of benzene rings is 2. The minimum absolute atomic E-state index is 0.0571. The highest BCUT2D eigenvalue weighted by Gasteiger charge is 2.26. The first-order valence-electron chi connectivity index (χ1n) is 12.1. The second-order valence-corrected chi connectivity index (χ2v) is 10.8.